The number of fused-ring (bicyclic) bond motifs is 2. The van der Waals surface area contributed by atoms with E-state index in [4.69, 9.17) is 0 Å². The van der Waals surface area contributed by atoms with Crippen LogP contribution in [-0.2, 0) is 0 Å². The lowest BCUT2D eigenvalue weighted by Gasteiger charge is -2.33. The van der Waals surface area contributed by atoms with Crippen molar-refractivity contribution in [1.82, 2.24) is 10.2 Å². The second-order valence-electron chi connectivity index (χ2n) is 6.84. The molecule has 0 aromatic heterocycles. The fourth-order valence-electron chi connectivity index (χ4n) is 4.56. The third-order valence-electron chi connectivity index (χ3n) is 5.75. The zero-order valence-electron chi connectivity index (χ0n) is 13.6. The molecule has 2 bridgehead atoms. The zero-order valence-corrected chi connectivity index (χ0v) is 13.6. The first-order valence-electron chi connectivity index (χ1n) is 8.84. The highest BCUT2D eigenvalue weighted by molar-refractivity contribution is 5.19. The highest BCUT2D eigenvalue weighted by Crippen LogP contribution is 2.44. The first kappa shape index (κ1) is 15.1. The number of hydrogen-bond donors (Lipinski definition) is 1. The van der Waals surface area contributed by atoms with Gasteiger partial charge in [0.1, 0.15) is 0 Å². The SMILES string of the molecule is CCN(CC)C(CNC1CC2CCC1C2)c1ccccc1. The van der Waals surface area contributed by atoms with Gasteiger partial charge in [-0.05, 0) is 49.8 Å². The molecule has 4 unspecified atom stereocenters. The van der Waals surface area contributed by atoms with E-state index in [2.05, 4.69) is 54.4 Å². The van der Waals surface area contributed by atoms with Crippen LogP contribution in [0.1, 0.15) is 51.1 Å². The molecule has 1 aromatic rings. The molecular weight excluding hydrogens is 256 g/mol. The molecule has 4 atom stereocenters. The summed E-state index contributed by atoms with van der Waals surface area (Å²) in [6, 6.07) is 12.3. The monoisotopic (exact) mass is 286 g/mol. The summed E-state index contributed by atoms with van der Waals surface area (Å²) < 4.78 is 0. The first-order chi connectivity index (χ1) is 10.3. The molecule has 21 heavy (non-hydrogen) atoms. The molecule has 2 saturated carbocycles. The van der Waals surface area contributed by atoms with Crippen molar-refractivity contribution in [3.8, 4) is 0 Å². The Hall–Kier alpha value is -0.860. The molecule has 0 radical (unpaired) electrons. The molecule has 1 aromatic carbocycles. The van der Waals surface area contributed by atoms with Crippen LogP contribution >= 0.6 is 0 Å². The van der Waals surface area contributed by atoms with Crippen LogP contribution in [0, 0.1) is 11.8 Å². The van der Waals surface area contributed by atoms with Gasteiger partial charge in [0.2, 0.25) is 0 Å². The van der Waals surface area contributed by atoms with Crippen LogP contribution in [0.5, 0.6) is 0 Å². The summed E-state index contributed by atoms with van der Waals surface area (Å²) in [4.78, 5) is 2.58. The summed E-state index contributed by atoms with van der Waals surface area (Å²) in [5, 5.41) is 3.92. The van der Waals surface area contributed by atoms with E-state index < -0.39 is 0 Å². The molecule has 1 N–H and O–H groups in total. The van der Waals surface area contributed by atoms with E-state index in [-0.39, 0.29) is 0 Å². The average molecular weight is 286 g/mol. The van der Waals surface area contributed by atoms with Crippen LogP contribution in [0.4, 0.5) is 0 Å². The fraction of sp³-hybridized carbons (Fsp3) is 0.684. The summed E-state index contributed by atoms with van der Waals surface area (Å²) >= 11 is 0. The molecule has 0 spiro atoms. The Kier molecular flexibility index (Phi) is 4.97. The van der Waals surface area contributed by atoms with E-state index in [9.17, 15) is 0 Å². The predicted octanol–water partition coefficient (Wildman–Crippen LogP) is 3.85. The van der Waals surface area contributed by atoms with Gasteiger partial charge in [-0.15, -0.1) is 0 Å². The maximum Gasteiger partial charge on any atom is 0.0472 e. The Morgan fingerprint density at radius 2 is 1.86 bits per heavy atom. The van der Waals surface area contributed by atoms with E-state index in [0.29, 0.717) is 6.04 Å². The number of hydrogen-bond acceptors (Lipinski definition) is 2. The Morgan fingerprint density at radius 3 is 2.43 bits per heavy atom. The van der Waals surface area contributed by atoms with Crippen molar-refractivity contribution < 1.29 is 0 Å². The molecule has 2 nitrogen and oxygen atoms in total. The quantitative estimate of drug-likeness (QED) is 0.819. The minimum absolute atomic E-state index is 0.514. The number of nitrogens with one attached hydrogen (secondary N) is 1. The number of benzene rings is 1. The van der Waals surface area contributed by atoms with Gasteiger partial charge in [-0.1, -0.05) is 50.6 Å². The van der Waals surface area contributed by atoms with Gasteiger partial charge in [-0.2, -0.15) is 0 Å². The molecule has 2 aliphatic carbocycles. The van der Waals surface area contributed by atoms with Gasteiger partial charge in [-0.3, -0.25) is 4.90 Å². The van der Waals surface area contributed by atoms with Crippen molar-refractivity contribution in [2.75, 3.05) is 19.6 Å². The third-order valence-corrected chi connectivity index (χ3v) is 5.75. The molecule has 3 rings (SSSR count). The third kappa shape index (κ3) is 3.32. The highest BCUT2D eigenvalue weighted by Gasteiger charge is 2.39. The average Bonchev–Trinajstić information content (AvgIpc) is 3.15. The smallest absolute Gasteiger partial charge is 0.0472 e. The Morgan fingerprint density at radius 1 is 1.10 bits per heavy atom. The zero-order chi connectivity index (χ0) is 14.7. The molecule has 2 heteroatoms. The summed E-state index contributed by atoms with van der Waals surface area (Å²) in [6.45, 7) is 7.89. The molecule has 2 fully saturated rings. The van der Waals surface area contributed by atoms with Gasteiger partial charge in [0.15, 0.2) is 0 Å². The van der Waals surface area contributed by atoms with Crippen LogP contribution in [-0.4, -0.2) is 30.6 Å². The van der Waals surface area contributed by atoms with Crippen LogP contribution in [0.25, 0.3) is 0 Å². The molecule has 0 saturated heterocycles. The van der Waals surface area contributed by atoms with Gasteiger partial charge in [0.25, 0.3) is 0 Å². The molecule has 0 heterocycles. The van der Waals surface area contributed by atoms with E-state index in [1.54, 1.807) is 0 Å². The van der Waals surface area contributed by atoms with Crippen molar-refractivity contribution in [1.29, 1.82) is 0 Å². The second-order valence-corrected chi connectivity index (χ2v) is 6.84. The van der Waals surface area contributed by atoms with Crippen molar-refractivity contribution >= 4 is 0 Å². The van der Waals surface area contributed by atoms with Crippen molar-refractivity contribution in [3.05, 3.63) is 35.9 Å². The highest BCUT2D eigenvalue weighted by atomic mass is 15.2. The van der Waals surface area contributed by atoms with Gasteiger partial charge < -0.3 is 5.32 Å². The van der Waals surface area contributed by atoms with E-state index in [1.165, 1.54) is 31.2 Å². The number of likely N-dealkylation sites (N-methyl/N-ethyl adjacent to an activating group) is 1. The van der Waals surface area contributed by atoms with Crippen LogP contribution in [0.3, 0.4) is 0 Å². The lowest BCUT2D eigenvalue weighted by molar-refractivity contribution is 0.201. The fourth-order valence-corrected chi connectivity index (χ4v) is 4.56. The van der Waals surface area contributed by atoms with Crippen molar-refractivity contribution in [2.45, 2.75) is 51.6 Å². The predicted molar refractivity (Wildman–Crippen MR) is 89.3 cm³/mol. The van der Waals surface area contributed by atoms with Gasteiger partial charge >= 0.3 is 0 Å². The van der Waals surface area contributed by atoms with E-state index in [0.717, 1.165) is 37.5 Å². The summed E-state index contributed by atoms with van der Waals surface area (Å²) in [6.07, 6.45) is 5.86. The largest absolute Gasteiger partial charge is 0.312 e. The molecule has 2 aliphatic rings. The second kappa shape index (κ2) is 6.93. The van der Waals surface area contributed by atoms with Crippen molar-refractivity contribution in [3.63, 3.8) is 0 Å². The molecule has 0 aliphatic heterocycles. The molecule has 0 amide bonds. The van der Waals surface area contributed by atoms with Gasteiger partial charge in [-0.25, -0.2) is 0 Å². The molecular formula is C19H30N2. The maximum absolute atomic E-state index is 3.92. The van der Waals surface area contributed by atoms with Crippen LogP contribution in [0.2, 0.25) is 0 Å². The van der Waals surface area contributed by atoms with Gasteiger partial charge in [0.05, 0.1) is 0 Å². The Labute approximate surface area is 129 Å². The first-order valence-corrected chi connectivity index (χ1v) is 8.84. The summed E-state index contributed by atoms with van der Waals surface area (Å²) in [5.74, 6) is 1.99. The van der Waals surface area contributed by atoms with Gasteiger partial charge in [0, 0.05) is 18.6 Å². The number of nitrogens with zero attached hydrogens (tertiary/aromatic N) is 1. The minimum atomic E-state index is 0.514. The van der Waals surface area contributed by atoms with E-state index in [1.807, 2.05) is 0 Å². The standard InChI is InChI=1S/C19H30N2/c1-3-21(4-2)19(16-8-6-5-7-9-16)14-20-18-13-15-10-11-17(18)12-15/h5-9,15,17-20H,3-4,10-14H2,1-2H3. The maximum atomic E-state index is 3.92. The minimum Gasteiger partial charge on any atom is -0.312 e. The normalized spacial score (nSPS) is 29.2. The van der Waals surface area contributed by atoms with Crippen LogP contribution < -0.4 is 5.32 Å². The summed E-state index contributed by atoms with van der Waals surface area (Å²) in [5.41, 5.74) is 1.46. The molecule has 116 valence electrons. The number of rotatable bonds is 7. The van der Waals surface area contributed by atoms with Crippen molar-refractivity contribution in [2.24, 2.45) is 11.8 Å². The Balaban J connectivity index is 1.65. The summed E-state index contributed by atoms with van der Waals surface area (Å²) in [7, 11) is 0. The lowest BCUT2D eigenvalue weighted by Crippen LogP contribution is -2.41. The Bertz CT molecular complexity index is 426. The van der Waals surface area contributed by atoms with Crippen LogP contribution in [0.15, 0.2) is 30.3 Å². The van der Waals surface area contributed by atoms with E-state index >= 15 is 0 Å². The topological polar surface area (TPSA) is 15.3 Å². The lowest BCUT2D eigenvalue weighted by atomic mass is 9.94.